The second-order valence-electron chi connectivity index (χ2n) is 8.04. The van der Waals surface area contributed by atoms with Gasteiger partial charge in [0.15, 0.2) is 0 Å². The topological polar surface area (TPSA) is 203 Å². The Morgan fingerprint density at radius 3 is 1.94 bits per heavy atom. The number of unbranched alkanes of at least 4 members (excludes halogenated alkanes) is 2. The second-order valence-corrected chi connectivity index (χ2v) is 8.04. The highest BCUT2D eigenvalue weighted by atomic mass is 16.4. The van der Waals surface area contributed by atoms with Crippen LogP contribution in [0.25, 0.3) is 0 Å². The fourth-order valence-electron chi connectivity index (χ4n) is 2.91. The molecule has 0 aromatic carbocycles. The molecule has 0 rings (SSSR count). The lowest BCUT2D eigenvalue weighted by Gasteiger charge is -2.23. The first-order chi connectivity index (χ1) is 14.6. The minimum Gasteiger partial charge on any atom is -0.480 e. The minimum atomic E-state index is -1.14. The van der Waals surface area contributed by atoms with Gasteiger partial charge in [-0.3, -0.25) is 14.4 Å². The van der Waals surface area contributed by atoms with Crippen LogP contribution >= 0.6 is 0 Å². The first kappa shape index (κ1) is 28.8. The molecule has 0 saturated carbocycles. The smallest absolute Gasteiger partial charge is 0.326 e. The summed E-state index contributed by atoms with van der Waals surface area (Å²) in [4.78, 5) is 48.3. The highest BCUT2D eigenvalue weighted by molar-refractivity contribution is 5.92. The number of carbonyl (C=O) groups is 4. The van der Waals surface area contributed by atoms with Crippen LogP contribution in [-0.2, 0) is 19.2 Å². The zero-order chi connectivity index (χ0) is 23.8. The summed E-state index contributed by atoms with van der Waals surface area (Å²) in [5.74, 6) is -2.66. The largest absolute Gasteiger partial charge is 0.480 e. The van der Waals surface area contributed by atoms with Gasteiger partial charge in [0.2, 0.25) is 17.7 Å². The second kappa shape index (κ2) is 16.5. The molecule has 0 heterocycles. The van der Waals surface area contributed by atoms with Crippen molar-refractivity contribution in [3.63, 3.8) is 0 Å². The molecule has 0 spiro atoms. The Hall–Kier alpha value is -2.24. The van der Waals surface area contributed by atoms with Crippen LogP contribution in [0, 0.1) is 5.92 Å². The van der Waals surface area contributed by atoms with E-state index in [9.17, 15) is 24.3 Å². The molecule has 0 radical (unpaired) electrons. The summed E-state index contributed by atoms with van der Waals surface area (Å²) >= 11 is 0. The third-order valence-electron chi connectivity index (χ3n) is 4.65. The van der Waals surface area contributed by atoms with Crippen molar-refractivity contribution in [1.29, 1.82) is 0 Å². The third-order valence-corrected chi connectivity index (χ3v) is 4.65. The fraction of sp³-hybridized carbons (Fsp3) is 0.800. The summed E-state index contributed by atoms with van der Waals surface area (Å²) in [6.07, 6.45) is 3.72. The van der Waals surface area contributed by atoms with Gasteiger partial charge in [-0.15, -0.1) is 0 Å². The highest BCUT2D eigenvalue weighted by Crippen LogP contribution is 2.07. The SMILES string of the molecule is CC(C)C[C@H](NC(=O)CNC(=O)[C@@H](N)CCCCN)C(=O)N[C@@H](CCCCN)C(=O)O. The lowest BCUT2D eigenvalue weighted by Crippen LogP contribution is -2.54. The molecule has 0 bridgehead atoms. The molecular weight excluding hydrogens is 404 g/mol. The number of carboxylic acids is 1. The molecule has 11 nitrogen and oxygen atoms in total. The molecule has 0 aliphatic heterocycles. The summed E-state index contributed by atoms with van der Waals surface area (Å²) in [5.41, 5.74) is 16.6. The van der Waals surface area contributed by atoms with Crippen LogP contribution in [-0.4, -0.2) is 66.6 Å². The summed E-state index contributed by atoms with van der Waals surface area (Å²) in [7, 11) is 0. The molecule has 0 fully saturated rings. The number of nitrogens with two attached hydrogens (primary N) is 3. The maximum Gasteiger partial charge on any atom is 0.326 e. The number of aliphatic carboxylic acids is 1. The Balaban J connectivity index is 4.77. The van der Waals surface area contributed by atoms with Gasteiger partial charge in [-0.25, -0.2) is 4.79 Å². The molecular formula is C20H40N6O5. The Labute approximate surface area is 184 Å². The average molecular weight is 445 g/mol. The van der Waals surface area contributed by atoms with Crippen molar-refractivity contribution >= 4 is 23.7 Å². The number of amides is 3. The molecule has 3 atom stereocenters. The molecule has 0 saturated heterocycles. The number of nitrogens with one attached hydrogen (secondary N) is 3. The Morgan fingerprint density at radius 2 is 1.42 bits per heavy atom. The van der Waals surface area contributed by atoms with Crippen LogP contribution in [0.3, 0.4) is 0 Å². The first-order valence-electron chi connectivity index (χ1n) is 10.9. The van der Waals surface area contributed by atoms with E-state index in [1.165, 1.54) is 0 Å². The molecule has 11 heteroatoms. The molecule has 0 aromatic rings. The van der Waals surface area contributed by atoms with E-state index in [0.717, 1.165) is 6.42 Å². The van der Waals surface area contributed by atoms with Gasteiger partial charge in [-0.2, -0.15) is 0 Å². The highest BCUT2D eigenvalue weighted by Gasteiger charge is 2.27. The molecule has 0 aromatic heterocycles. The van der Waals surface area contributed by atoms with Gasteiger partial charge in [-0.1, -0.05) is 20.3 Å². The summed E-state index contributed by atoms with van der Waals surface area (Å²) in [6, 6.07) is -2.71. The zero-order valence-electron chi connectivity index (χ0n) is 18.7. The van der Waals surface area contributed by atoms with E-state index in [4.69, 9.17) is 17.2 Å². The van der Waals surface area contributed by atoms with Crippen LogP contribution in [0.5, 0.6) is 0 Å². The number of hydrogen-bond donors (Lipinski definition) is 7. The van der Waals surface area contributed by atoms with Gasteiger partial charge >= 0.3 is 5.97 Å². The van der Waals surface area contributed by atoms with Crippen molar-refractivity contribution in [3.05, 3.63) is 0 Å². The quantitative estimate of drug-likeness (QED) is 0.135. The normalized spacial score (nSPS) is 13.9. The number of carbonyl (C=O) groups excluding carboxylic acids is 3. The molecule has 3 amide bonds. The summed E-state index contributed by atoms with van der Waals surface area (Å²) < 4.78 is 0. The van der Waals surface area contributed by atoms with Crippen molar-refractivity contribution < 1.29 is 24.3 Å². The van der Waals surface area contributed by atoms with Gasteiger partial charge in [0, 0.05) is 0 Å². The average Bonchev–Trinajstić information content (AvgIpc) is 2.70. The first-order valence-corrected chi connectivity index (χ1v) is 10.9. The van der Waals surface area contributed by atoms with Crippen LogP contribution in [0.15, 0.2) is 0 Å². The van der Waals surface area contributed by atoms with Crippen LogP contribution in [0.4, 0.5) is 0 Å². The van der Waals surface area contributed by atoms with E-state index < -0.39 is 41.8 Å². The maximum atomic E-state index is 12.6. The van der Waals surface area contributed by atoms with Gasteiger partial charge in [-0.05, 0) is 57.5 Å². The van der Waals surface area contributed by atoms with Gasteiger partial charge in [0.1, 0.15) is 12.1 Å². The number of rotatable bonds is 17. The van der Waals surface area contributed by atoms with Crippen molar-refractivity contribution in [2.45, 2.75) is 76.9 Å². The minimum absolute atomic E-state index is 0.0714. The zero-order valence-corrected chi connectivity index (χ0v) is 18.7. The van der Waals surface area contributed by atoms with E-state index in [2.05, 4.69) is 16.0 Å². The number of hydrogen-bond acceptors (Lipinski definition) is 7. The van der Waals surface area contributed by atoms with Crippen molar-refractivity contribution in [3.8, 4) is 0 Å². The summed E-state index contributed by atoms with van der Waals surface area (Å²) in [5, 5.41) is 16.9. The Kier molecular flexibility index (Phi) is 15.3. The number of carboxylic acid groups (broad SMARTS) is 1. The summed E-state index contributed by atoms with van der Waals surface area (Å²) in [6.45, 7) is 4.39. The van der Waals surface area contributed by atoms with Gasteiger partial charge < -0.3 is 38.3 Å². The van der Waals surface area contributed by atoms with Crippen LogP contribution in [0.1, 0.15) is 58.8 Å². The fourth-order valence-corrected chi connectivity index (χ4v) is 2.91. The van der Waals surface area contributed by atoms with E-state index in [0.29, 0.717) is 45.2 Å². The van der Waals surface area contributed by atoms with E-state index in [1.807, 2.05) is 13.8 Å². The molecule has 0 aliphatic carbocycles. The lowest BCUT2D eigenvalue weighted by molar-refractivity contribution is -0.142. The molecule has 0 aliphatic rings. The molecule has 31 heavy (non-hydrogen) atoms. The van der Waals surface area contributed by atoms with E-state index in [-0.39, 0.29) is 18.9 Å². The lowest BCUT2D eigenvalue weighted by atomic mass is 10.0. The standard InChI is InChI=1S/C20H40N6O5/c1-13(2)11-16(19(29)26-15(20(30)31)8-4-6-10-22)25-17(27)12-24-18(28)14(23)7-3-5-9-21/h13-16H,3-12,21-23H2,1-2H3,(H,24,28)(H,25,27)(H,26,29)(H,30,31)/t14-,15-,16-/m0/s1. The maximum absolute atomic E-state index is 12.6. The third kappa shape index (κ3) is 13.6. The Bertz CT molecular complexity index is 572. The van der Waals surface area contributed by atoms with Crippen LogP contribution < -0.4 is 33.2 Å². The van der Waals surface area contributed by atoms with Gasteiger partial charge in [0.25, 0.3) is 0 Å². The van der Waals surface area contributed by atoms with Gasteiger partial charge in [0.05, 0.1) is 12.6 Å². The van der Waals surface area contributed by atoms with Crippen molar-refractivity contribution in [1.82, 2.24) is 16.0 Å². The predicted octanol–water partition coefficient (Wildman–Crippen LogP) is -1.21. The van der Waals surface area contributed by atoms with E-state index in [1.54, 1.807) is 0 Å². The van der Waals surface area contributed by atoms with Crippen molar-refractivity contribution in [2.75, 3.05) is 19.6 Å². The van der Waals surface area contributed by atoms with Crippen LogP contribution in [0.2, 0.25) is 0 Å². The molecule has 180 valence electrons. The molecule has 10 N–H and O–H groups in total. The molecule has 0 unspecified atom stereocenters. The predicted molar refractivity (Wildman–Crippen MR) is 118 cm³/mol. The van der Waals surface area contributed by atoms with E-state index >= 15 is 0 Å². The van der Waals surface area contributed by atoms with Crippen molar-refractivity contribution in [2.24, 2.45) is 23.1 Å². The Morgan fingerprint density at radius 1 is 0.839 bits per heavy atom. The monoisotopic (exact) mass is 444 g/mol.